The topological polar surface area (TPSA) is 9.23 Å². The van der Waals surface area contributed by atoms with Gasteiger partial charge in [0.05, 0.1) is 0 Å². The van der Waals surface area contributed by atoms with Gasteiger partial charge in [-0.3, -0.25) is 0 Å². The first-order valence-corrected chi connectivity index (χ1v) is 2.41. The molecule has 0 aliphatic rings. The Kier molecular flexibility index (Phi) is 2.14. The SMILES string of the molecule is CC(C)(C)[O][Al+2].[H-].[H-]. The van der Waals surface area contributed by atoms with Gasteiger partial charge in [-0.1, -0.05) is 0 Å². The van der Waals surface area contributed by atoms with Crippen LogP contribution in [0.5, 0.6) is 0 Å². The Hall–Kier alpha value is 0.492. The van der Waals surface area contributed by atoms with Gasteiger partial charge < -0.3 is 2.85 Å². The van der Waals surface area contributed by atoms with Crippen LogP contribution in [0.3, 0.4) is 0 Å². The molecule has 0 unspecified atom stereocenters. The number of hydrogen-bond acceptors (Lipinski definition) is 1. The summed E-state index contributed by atoms with van der Waals surface area (Å²) in [5.74, 6) is 0. The molecule has 0 spiro atoms. The fraction of sp³-hybridized carbons (Fsp3) is 1.00. The van der Waals surface area contributed by atoms with Crippen LogP contribution in [-0.2, 0) is 3.79 Å². The summed E-state index contributed by atoms with van der Waals surface area (Å²) in [6, 6.07) is 0. The second-order valence-electron chi connectivity index (χ2n) is 2.23. The van der Waals surface area contributed by atoms with Crippen molar-refractivity contribution in [2.75, 3.05) is 0 Å². The van der Waals surface area contributed by atoms with Gasteiger partial charge in [-0.15, -0.1) is 0 Å². The van der Waals surface area contributed by atoms with Crippen molar-refractivity contribution in [2.45, 2.75) is 26.4 Å². The fourth-order valence-corrected chi connectivity index (χ4v) is 0. The van der Waals surface area contributed by atoms with Crippen molar-refractivity contribution in [3.63, 3.8) is 0 Å². The molecule has 1 nitrogen and oxygen atoms in total. The van der Waals surface area contributed by atoms with Gasteiger partial charge in [-0.2, -0.15) is 0 Å². The van der Waals surface area contributed by atoms with E-state index in [0.29, 0.717) is 0 Å². The molecule has 0 N–H and O–H groups in total. The van der Waals surface area contributed by atoms with Gasteiger partial charge in [0.15, 0.2) is 0 Å². The van der Waals surface area contributed by atoms with Gasteiger partial charge in [0.1, 0.15) is 0 Å². The summed E-state index contributed by atoms with van der Waals surface area (Å²) in [5.41, 5.74) is 0.00463. The summed E-state index contributed by atoms with van der Waals surface area (Å²) in [4.78, 5) is 0. The summed E-state index contributed by atoms with van der Waals surface area (Å²) >= 11 is 2.22. The predicted molar refractivity (Wildman–Crippen MR) is 28.8 cm³/mol. The number of hydrogen-bond donors (Lipinski definition) is 0. The maximum Gasteiger partial charge on any atom is -1.00 e. The van der Waals surface area contributed by atoms with E-state index in [4.69, 9.17) is 3.79 Å². The Morgan fingerprint density at radius 3 is 1.67 bits per heavy atom. The van der Waals surface area contributed by atoms with Gasteiger partial charge in [0, 0.05) is 0 Å². The van der Waals surface area contributed by atoms with Crippen LogP contribution in [0.25, 0.3) is 0 Å². The van der Waals surface area contributed by atoms with E-state index in [1.54, 1.807) is 0 Å². The van der Waals surface area contributed by atoms with Crippen LogP contribution >= 0.6 is 0 Å². The first-order chi connectivity index (χ1) is 2.56. The molecule has 0 saturated carbocycles. The molecule has 0 rings (SSSR count). The fourth-order valence-electron chi connectivity index (χ4n) is 0. The minimum Gasteiger partial charge on any atom is -1.00 e. The summed E-state index contributed by atoms with van der Waals surface area (Å²) in [7, 11) is 0. The number of rotatable bonds is 0. The summed E-state index contributed by atoms with van der Waals surface area (Å²) < 4.78 is 4.85. The Bertz CT molecular complexity index is 43.8. The summed E-state index contributed by atoms with van der Waals surface area (Å²) in [5, 5.41) is 0. The van der Waals surface area contributed by atoms with Crippen LogP contribution < -0.4 is 0 Å². The molecule has 0 radical (unpaired) electrons. The minimum absolute atomic E-state index is 0. The summed E-state index contributed by atoms with van der Waals surface area (Å²) in [6.07, 6.45) is 0. The van der Waals surface area contributed by atoms with E-state index in [2.05, 4.69) is 16.6 Å². The first-order valence-electron chi connectivity index (χ1n) is 1.94. The van der Waals surface area contributed by atoms with E-state index in [9.17, 15) is 0 Å². The zero-order valence-electron chi connectivity index (χ0n) is 6.49. The van der Waals surface area contributed by atoms with E-state index in [0.717, 1.165) is 0 Å². The van der Waals surface area contributed by atoms with Crippen LogP contribution in [0.2, 0.25) is 0 Å². The molecular formula is C4H11AlO. The first kappa shape index (κ1) is 6.49. The Balaban J connectivity index is -0.000000125. The molecule has 0 fully saturated rings. The molecule has 0 aliphatic heterocycles. The zero-order chi connectivity index (χ0) is 5.21. The van der Waals surface area contributed by atoms with Gasteiger partial charge in [0.25, 0.3) is 0 Å². The van der Waals surface area contributed by atoms with Crippen LogP contribution in [0.15, 0.2) is 0 Å². The van der Waals surface area contributed by atoms with Crippen LogP contribution in [0.1, 0.15) is 23.6 Å². The molecule has 6 heavy (non-hydrogen) atoms. The smallest absolute Gasteiger partial charge is 1.00 e. The molecule has 0 saturated heterocycles. The maximum atomic E-state index is 4.85. The standard InChI is InChI=1S/C4H9O.Al.2H/c1-4(2,3)5;;;/h1-3H3;;;/q-1;+3;2*-1. The Morgan fingerprint density at radius 2 is 1.67 bits per heavy atom. The largest absolute Gasteiger partial charge is 1.00 e. The van der Waals surface area contributed by atoms with Gasteiger partial charge in [-0.05, 0) is 0 Å². The van der Waals surface area contributed by atoms with E-state index < -0.39 is 0 Å². The Morgan fingerprint density at radius 1 is 1.50 bits per heavy atom. The van der Waals surface area contributed by atoms with Crippen molar-refractivity contribution in [3.8, 4) is 0 Å². The molecule has 0 aromatic carbocycles. The van der Waals surface area contributed by atoms with Gasteiger partial charge in [0.2, 0.25) is 0 Å². The molecule has 0 bridgehead atoms. The average molecular weight is 102 g/mol. The third-order valence-electron chi connectivity index (χ3n) is 0.354. The molecule has 0 heterocycles. The van der Waals surface area contributed by atoms with Crippen LogP contribution in [0, 0.1) is 0 Å². The van der Waals surface area contributed by atoms with Crippen molar-refractivity contribution in [1.82, 2.24) is 0 Å². The molecule has 0 aromatic rings. The van der Waals surface area contributed by atoms with Crippen LogP contribution in [-0.4, -0.2) is 22.2 Å². The molecule has 0 atom stereocenters. The second kappa shape index (κ2) is 1.97. The van der Waals surface area contributed by atoms with Gasteiger partial charge in [-0.25, -0.2) is 0 Å². The van der Waals surface area contributed by atoms with Crippen molar-refractivity contribution in [1.29, 1.82) is 0 Å². The molecular weight excluding hydrogens is 91.0 g/mol. The van der Waals surface area contributed by atoms with Crippen molar-refractivity contribution in [2.24, 2.45) is 0 Å². The van der Waals surface area contributed by atoms with Gasteiger partial charge >= 0.3 is 46.8 Å². The predicted octanol–water partition coefficient (Wildman–Crippen LogP) is 1.11. The molecule has 0 aliphatic carbocycles. The normalized spacial score (nSPS) is 12.2. The Labute approximate surface area is 50.4 Å². The maximum absolute atomic E-state index is 4.85. The molecule has 2 heteroatoms. The van der Waals surface area contributed by atoms with Crippen molar-refractivity contribution >= 4 is 16.6 Å². The van der Waals surface area contributed by atoms with Crippen molar-refractivity contribution < 1.29 is 6.64 Å². The minimum atomic E-state index is 0. The van der Waals surface area contributed by atoms with Crippen molar-refractivity contribution in [3.05, 3.63) is 0 Å². The molecule has 36 valence electrons. The molecule has 0 amide bonds. The van der Waals surface area contributed by atoms with E-state index >= 15 is 0 Å². The average Bonchev–Trinajstić information content (AvgIpc) is 1.35. The van der Waals surface area contributed by atoms with Crippen LogP contribution in [0.4, 0.5) is 0 Å². The monoisotopic (exact) mass is 102 g/mol. The second-order valence-corrected chi connectivity index (χ2v) is 2.47. The van der Waals surface area contributed by atoms with E-state index in [1.807, 2.05) is 20.8 Å². The third-order valence-corrected chi connectivity index (χ3v) is 1.06. The summed E-state index contributed by atoms with van der Waals surface area (Å²) in [6.45, 7) is 6.00. The quantitative estimate of drug-likeness (QED) is 0.416. The van der Waals surface area contributed by atoms with E-state index in [-0.39, 0.29) is 8.45 Å². The third kappa shape index (κ3) is 4.49. The molecule has 0 aromatic heterocycles. The van der Waals surface area contributed by atoms with E-state index in [1.165, 1.54) is 0 Å². The zero-order valence-corrected chi connectivity index (χ0v) is 5.64.